The molecule has 0 amide bonds. The minimum atomic E-state index is 0.897. The van der Waals surface area contributed by atoms with E-state index in [4.69, 9.17) is 9.97 Å². The Kier molecular flexibility index (Phi) is 5.20. The molecule has 3 aromatic rings. The number of allylic oxidation sites excluding steroid dienone is 1. The summed E-state index contributed by atoms with van der Waals surface area (Å²) >= 11 is 0. The van der Waals surface area contributed by atoms with Crippen molar-refractivity contribution in [2.45, 2.75) is 25.7 Å². The molecule has 0 aliphatic heterocycles. The van der Waals surface area contributed by atoms with E-state index in [1.807, 2.05) is 12.2 Å². The maximum Gasteiger partial charge on any atom is 0.0711 e. The highest BCUT2D eigenvalue weighted by Crippen LogP contribution is 2.16. The molecule has 0 radical (unpaired) electrons. The van der Waals surface area contributed by atoms with Crippen LogP contribution in [0.2, 0.25) is 0 Å². The summed E-state index contributed by atoms with van der Waals surface area (Å²) in [4.78, 5) is 13.6. The molecule has 3 nitrogen and oxygen atoms in total. The van der Waals surface area contributed by atoms with E-state index >= 15 is 0 Å². The van der Waals surface area contributed by atoms with Gasteiger partial charge in [-0.15, -0.1) is 0 Å². The van der Waals surface area contributed by atoms with Crippen molar-refractivity contribution in [3.8, 4) is 0 Å². The lowest BCUT2D eigenvalue weighted by molar-refractivity contribution is 0.874. The Morgan fingerprint density at radius 3 is 2.59 bits per heavy atom. The molecule has 1 aromatic carbocycles. The average Bonchev–Trinajstić information content (AvgIpc) is 2.72. The predicted octanol–water partition coefficient (Wildman–Crippen LogP) is 3.48. The minimum Gasteiger partial charge on any atom is -0.297 e. The molecule has 4 rings (SSSR count). The number of pyridine rings is 2. The summed E-state index contributed by atoms with van der Waals surface area (Å²) in [5.74, 6) is 0. The first-order valence-corrected chi connectivity index (χ1v) is 9.47. The van der Waals surface area contributed by atoms with E-state index in [0.717, 1.165) is 58.9 Å². The van der Waals surface area contributed by atoms with Crippen LogP contribution in [0.25, 0.3) is 29.1 Å². The number of aliphatic imine (C=N–C) groups is 1. The van der Waals surface area contributed by atoms with Crippen LogP contribution in [0.3, 0.4) is 0 Å². The van der Waals surface area contributed by atoms with Crippen molar-refractivity contribution in [3.05, 3.63) is 76.1 Å². The summed E-state index contributed by atoms with van der Waals surface area (Å²) in [7, 11) is 1.77. The third kappa shape index (κ3) is 4.20. The van der Waals surface area contributed by atoms with Crippen molar-refractivity contribution < 1.29 is 0 Å². The lowest BCUT2D eigenvalue weighted by Crippen LogP contribution is -2.30. The molecular formula is C24H23N3. The van der Waals surface area contributed by atoms with Gasteiger partial charge in [0.2, 0.25) is 0 Å². The van der Waals surface area contributed by atoms with Crippen molar-refractivity contribution >= 4 is 35.3 Å². The van der Waals surface area contributed by atoms with Crippen molar-refractivity contribution in [2.75, 3.05) is 7.05 Å². The van der Waals surface area contributed by atoms with Gasteiger partial charge < -0.3 is 0 Å². The van der Waals surface area contributed by atoms with Crippen molar-refractivity contribution in [3.63, 3.8) is 0 Å². The van der Waals surface area contributed by atoms with Crippen LogP contribution in [-0.4, -0.2) is 23.2 Å². The highest BCUT2D eigenvalue weighted by atomic mass is 14.7. The highest BCUT2D eigenvalue weighted by Gasteiger charge is 2.03. The molecule has 0 saturated carbocycles. The molecule has 1 aliphatic rings. The fourth-order valence-electron chi connectivity index (χ4n) is 3.38. The van der Waals surface area contributed by atoms with Gasteiger partial charge in [0, 0.05) is 30.0 Å². The van der Waals surface area contributed by atoms with Gasteiger partial charge in [0.1, 0.15) is 0 Å². The van der Waals surface area contributed by atoms with E-state index in [9.17, 15) is 0 Å². The zero-order valence-corrected chi connectivity index (χ0v) is 15.6. The van der Waals surface area contributed by atoms with Crippen LogP contribution in [0.5, 0.6) is 0 Å². The van der Waals surface area contributed by atoms with E-state index in [0.29, 0.717) is 0 Å². The van der Waals surface area contributed by atoms with E-state index in [1.165, 1.54) is 5.22 Å². The molecule has 1 aliphatic carbocycles. The van der Waals surface area contributed by atoms with Crippen LogP contribution in [0.1, 0.15) is 29.8 Å². The maximum absolute atomic E-state index is 4.86. The summed E-state index contributed by atoms with van der Waals surface area (Å²) in [5, 5.41) is 3.57. The van der Waals surface area contributed by atoms with Crippen molar-refractivity contribution in [1.29, 1.82) is 0 Å². The predicted molar refractivity (Wildman–Crippen MR) is 114 cm³/mol. The van der Waals surface area contributed by atoms with Crippen LogP contribution >= 0.6 is 0 Å². The number of hydrogen-bond acceptors (Lipinski definition) is 3. The molecule has 3 heteroatoms. The van der Waals surface area contributed by atoms with Gasteiger partial charge in [-0.1, -0.05) is 42.5 Å². The molecule has 0 bridgehead atoms. The maximum atomic E-state index is 4.86. The molecule has 0 atom stereocenters. The molecule has 2 heterocycles. The molecular weight excluding hydrogens is 330 g/mol. The summed E-state index contributed by atoms with van der Waals surface area (Å²) < 4.78 is 0. The van der Waals surface area contributed by atoms with Crippen LogP contribution in [0.4, 0.5) is 0 Å². The van der Waals surface area contributed by atoms with Gasteiger partial charge in [-0.05, 0) is 60.7 Å². The molecule has 0 unspecified atom stereocenters. The highest BCUT2D eigenvalue weighted by molar-refractivity contribution is 5.84. The zero-order chi connectivity index (χ0) is 18.5. The van der Waals surface area contributed by atoms with Crippen LogP contribution in [-0.2, 0) is 12.8 Å². The van der Waals surface area contributed by atoms with Gasteiger partial charge in [-0.3, -0.25) is 15.0 Å². The third-order valence-corrected chi connectivity index (χ3v) is 4.82. The van der Waals surface area contributed by atoms with Crippen molar-refractivity contribution in [1.82, 2.24) is 9.97 Å². The first kappa shape index (κ1) is 17.3. The normalized spacial score (nSPS) is 13.7. The SMILES string of the molecule is CN=C/C=C\c1ccc2ccc(CCc3ccc4c(n3)=CCCC=4)nc2c1. The van der Waals surface area contributed by atoms with Gasteiger partial charge in [0.25, 0.3) is 0 Å². The Bertz CT molecular complexity index is 1140. The largest absolute Gasteiger partial charge is 0.297 e. The minimum absolute atomic E-state index is 0.897. The van der Waals surface area contributed by atoms with Gasteiger partial charge >= 0.3 is 0 Å². The Hall–Kier alpha value is -3.07. The number of hydrogen-bond donors (Lipinski definition) is 0. The molecule has 0 spiro atoms. The van der Waals surface area contributed by atoms with Crippen LogP contribution < -0.4 is 10.6 Å². The Morgan fingerprint density at radius 2 is 1.70 bits per heavy atom. The topological polar surface area (TPSA) is 38.1 Å². The Balaban J connectivity index is 1.53. The van der Waals surface area contributed by atoms with Gasteiger partial charge in [-0.2, -0.15) is 0 Å². The number of aryl methyl sites for hydroxylation is 2. The molecule has 0 fully saturated rings. The fourth-order valence-corrected chi connectivity index (χ4v) is 3.38. The summed E-state index contributed by atoms with van der Waals surface area (Å²) in [5.41, 5.74) is 4.41. The summed E-state index contributed by atoms with van der Waals surface area (Å²) in [6.45, 7) is 0. The Labute approximate surface area is 159 Å². The molecule has 0 saturated heterocycles. The lowest BCUT2D eigenvalue weighted by Gasteiger charge is -2.06. The number of rotatable bonds is 5. The second-order valence-corrected chi connectivity index (χ2v) is 6.78. The standard InChI is InChI=1S/C24H23N3/c1-25-16-4-5-18-8-9-20-11-13-22(27-24(20)17-18)15-14-21-12-10-19-6-2-3-7-23(19)26-21/h4-13,16-17H,2-3,14-15H2,1H3/b5-4-,25-16?. The average molecular weight is 353 g/mol. The second kappa shape index (κ2) is 8.09. The zero-order valence-electron chi connectivity index (χ0n) is 15.6. The smallest absolute Gasteiger partial charge is 0.0711 e. The van der Waals surface area contributed by atoms with E-state index in [1.54, 1.807) is 13.3 Å². The second-order valence-electron chi connectivity index (χ2n) is 6.78. The number of benzene rings is 1. The lowest BCUT2D eigenvalue weighted by atomic mass is 10.1. The molecule has 27 heavy (non-hydrogen) atoms. The first-order chi connectivity index (χ1) is 13.3. The number of aromatic nitrogens is 2. The fraction of sp³-hybridized carbons (Fsp3) is 0.208. The molecule has 0 N–H and O–H groups in total. The van der Waals surface area contributed by atoms with Gasteiger partial charge in [0.05, 0.1) is 10.9 Å². The van der Waals surface area contributed by atoms with Crippen LogP contribution in [0, 0.1) is 0 Å². The third-order valence-electron chi connectivity index (χ3n) is 4.82. The van der Waals surface area contributed by atoms with Gasteiger partial charge in [0.15, 0.2) is 0 Å². The van der Waals surface area contributed by atoms with Crippen LogP contribution in [0.15, 0.2) is 53.5 Å². The molecule has 134 valence electrons. The van der Waals surface area contributed by atoms with Crippen molar-refractivity contribution in [2.24, 2.45) is 4.99 Å². The van der Waals surface area contributed by atoms with Gasteiger partial charge in [-0.25, -0.2) is 0 Å². The number of fused-ring (bicyclic) bond motifs is 2. The summed E-state index contributed by atoms with van der Waals surface area (Å²) in [6.07, 6.45) is 14.3. The summed E-state index contributed by atoms with van der Waals surface area (Å²) in [6, 6.07) is 15.0. The molecule has 2 aromatic heterocycles. The van der Waals surface area contributed by atoms with E-state index < -0.39 is 0 Å². The quantitative estimate of drug-likeness (QED) is 0.659. The number of nitrogens with zero attached hydrogens (tertiary/aromatic N) is 3. The monoisotopic (exact) mass is 353 g/mol. The van der Waals surface area contributed by atoms with E-state index in [-0.39, 0.29) is 0 Å². The Morgan fingerprint density at radius 1 is 0.926 bits per heavy atom. The first-order valence-electron chi connectivity index (χ1n) is 9.47. The van der Waals surface area contributed by atoms with E-state index in [2.05, 4.69) is 59.6 Å².